The monoisotopic (exact) mass is 322 g/mol. The van der Waals surface area contributed by atoms with Crippen LogP contribution in [0.4, 0.5) is 0 Å². The molecule has 2 heterocycles. The summed E-state index contributed by atoms with van der Waals surface area (Å²) < 4.78 is 2.08. The van der Waals surface area contributed by atoms with Gasteiger partial charge in [-0.15, -0.1) is 0 Å². The van der Waals surface area contributed by atoms with E-state index < -0.39 is 6.61 Å². The normalized spacial score (nSPS) is 16.4. The lowest BCUT2D eigenvalue weighted by atomic mass is 10.3. The van der Waals surface area contributed by atoms with Crippen molar-refractivity contribution >= 4 is 28.5 Å². The van der Waals surface area contributed by atoms with Crippen LogP contribution in [0.25, 0.3) is 11.0 Å². The molecule has 0 aliphatic carbocycles. The molecule has 0 saturated carbocycles. The van der Waals surface area contributed by atoms with Crippen LogP contribution in [0.15, 0.2) is 18.2 Å². The van der Waals surface area contributed by atoms with Gasteiger partial charge in [-0.2, -0.15) is 0 Å². The molecule has 1 aromatic carbocycles. The van der Waals surface area contributed by atoms with Crippen LogP contribution in [0.5, 0.6) is 0 Å². The maximum absolute atomic E-state index is 11.5. The van der Waals surface area contributed by atoms with Gasteiger partial charge in [0, 0.05) is 38.2 Å². The van der Waals surface area contributed by atoms with Gasteiger partial charge in [0.15, 0.2) is 0 Å². The standard InChI is InChI=1S/C15H19ClN4O2/c1-18-13-3-2-11(16)8-12(13)17-14(18)9-19-4-6-20(7-5-19)15(22)10-21/h2-3,8,21H,4-7,9-10H2,1H3. The zero-order chi connectivity index (χ0) is 15.7. The number of carbonyl (C=O) groups excluding carboxylic acids is 1. The van der Waals surface area contributed by atoms with Crippen molar-refractivity contribution in [3.8, 4) is 0 Å². The fourth-order valence-corrected chi connectivity index (χ4v) is 2.99. The van der Waals surface area contributed by atoms with Gasteiger partial charge < -0.3 is 14.6 Å². The molecule has 22 heavy (non-hydrogen) atoms. The first kappa shape index (κ1) is 15.3. The summed E-state index contributed by atoms with van der Waals surface area (Å²) in [5.41, 5.74) is 1.97. The number of amides is 1. The van der Waals surface area contributed by atoms with Crippen molar-refractivity contribution < 1.29 is 9.90 Å². The highest BCUT2D eigenvalue weighted by molar-refractivity contribution is 6.31. The summed E-state index contributed by atoms with van der Waals surface area (Å²) >= 11 is 6.01. The van der Waals surface area contributed by atoms with Crippen LogP contribution in [0.3, 0.4) is 0 Å². The number of benzene rings is 1. The summed E-state index contributed by atoms with van der Waals surface area (Å²) in [6.45, 7) is 3.20. The van der Waals surface area contributed by atoms with Crippen molar-refractivity contribution in [3.63, 3.8) is 0 Å². The van der Waals surface area contributed by atoms with Crippen LogP contribution in [-0.2, 0) is 18.4 Å². The molecule has 1 fully saturated rings. The Morgan fingerprint density at radius 2 is 2.05 bits per heavy atom. The molecule has 1 aliphatic heterocycles. The maximum atomic E-state index is 11.5. The first-order valence-corrected chi connectivity index (χ1v) is 7.68. The maximum Gasteiger partial charge on any atom is 0.248 e. The summed E-state index contributed by atoms with van der Waals surface area (Å²) in [5, 5.41) is 9.59. The van der Waals surface area contributed by atoms with Gasteiger partial charge in [-0.3, -0.25) is 9.69 Å². The fraction of sp³-hybridized carbons (Fsp3) is 0.467. The van der Waals surface area contributed by atoms with E-state index in [1.807, 2.05) is 25.2 Å². The van der Waals surface area contributed by atoms with Gasteiger partial charge >= 0.3 is 0 Å². The zero-order valence-corrected chi connectivity index (χ0v) is 13.3. The number of carbonyl (C=O) groups is 1. The van der Waals surface area contributed by atoms with E-state index in [0.29, 0.717) is 18.1 Å². The van der Waals surface area contributed by atoms with E-state index in [4.69, 9.17) is 16.7 Å². The van der Waals surface area contributed by atoms with Crippen molar-refractivity contribution in [1.82, 2.24) is 19.4 Å². The van der Waals surface area contributed by atoms with Crippen LogP contribution in [0.2, 0.25) is 5.02 Å². The van der Waals surface area contributed by atoms with Crippen LogP contribution in [0.1, 0.15) is 5.82 Å². The third-order valence-corrected chi connectivity index (χ3v) is 4.40. The van der Waals surface area contributed by atoms with E-state index in [1.54, 1.807) is 4.90 Å². The number of rotatable bonds is 3. The van der Waals surface area contributed by atoms with Gasteiger partial charge in [-0.25, -0.2) is 4.98 Å². The van der Waals surface area contributed by atoms with Gasteiger partial charge in [0.25, 0.3) is 0 Å². The number of aliphatic hydroxyl groups is 1. The second-order valence-electron chi connectivity index (χ2n) is 5.54. The molecule has 0 atom stereocenters. The largest absolute Gasteiger partial charge is 0.387 e. The Bertz CT molecular complexity index is 692. The van der Waals surface area contributed by atoms with Crippen LogP contribution in [-0.4, -0.2) is 63.2 Å². The molecule has 0 spiro atoms. The Morgan fingerprint density at radius 3 is 2.73 bits per heavy atom. The van der Waals surface area contributed by atoms with Crippen molar-refractivity contribution in [2.75, 3.05) is 32.8 Å². The molecule has 2 aromatic rings. The second-order valence-corrected chi connectivity index (χ2v) is 5.97. The molecule has 3 rings (SSSR count). The zero-order valence-electron chi connectivity index (χ0n) is 12.5. The van der Waals surface area contributed by atoms with Crippen molar-refractivity contribution in [3.05, 3.63) is 29.0 Å². The van der Waals surface area contributed by atoms with Crippen LogP contribution < -0.4 is 0 Å². The molecule has 118 valence electrons. The average Bonchev–Trinajstić information content (AvgIpc) is 2.82. The van der Waals surface area contributed by atoms with Crippen LogP contribution >= 0.6 is 11.6 Å². The van der Waals surface area contributed by atoms with Gasteiger partial charge in [0.2, 0.25) is 5.91 Å². The van der Waals surface area contributed by atoms with E-state index in [-0.39, 0.29) is 5.91 Å². The smallest absolute Gasteiger partial charge is 0.248 e. The third kappa shape index (κ3) is 2.95. The summed E-state index contributed by atoms with van der Waals surface area (Å²) in [4.78, 5) is 20.1. The lowest BCUT2D eigenvalue weighted by molar-refractivity contribution is -0.136. The summed E-state index contributed by atoms with van der Waals surface area (Å²) in [7, 11) is 2.00. The topological polar surface area (TPSA) is 61.6 Å². The minimum Gasteiger partial charge on any atom is -0.387 e. The highest BCUT2D eigenvalue weighted by Gasteiger charge is 2.21. The fourth-order valence-electron chi connectivity index (χ4n) is 2.82. The predicted molar refractivity (Wildman–Crippen MR) is 84.7 cm³/mol. The lowest BCUT2D eigenvalue weighted by Crippen LogP contribution is -2.49. The van der Waals surface area contributed by atoms with Crippen molar-refractivity contribution in [2.24, 2.45) is 7.05 Å². The number of halogens is 1. The minimum absolute atomic E-state index is 0.197. The van der Waals surface area contributed by atoms with Gasteiger partial charge in [-0.1, -0.05) is 11.6 Å². The lowest BCUT2D eigenvalue weighted by Gasteiger charge is -2.34. The number of imidazole rings is 1. The third-order valence-electron chi connectivity index (χ3n) is 4.16. The molecule has 1 aromatic heterocycles. The molecule has 1 saturated heterocycles. The Labute approximate surface area is 133 Å². The molecule has 1 N–H and O–H groups in total. The number of hydrogen-bond acceptors (Lipinski definition) is 4. The number of piperazine rings is 1. The van der Waals surface area contributed by atoms with E-state index in [9.17, 15) is 4.79 Å². The molecule has 0 unspecified atom stereocenters. The molecular weight excluding hydrogens is 304 g/mol. The highest BCUT2D eigenvalue weighted by Crippen LogP contribution is 2.20. The number of nitrogens with zero attached hydrogens (tertiary/aromatic N) is 4. The Morgan fingerprint density at radius 1 is 1.32 bits per heavy atom. The number of aliphatic hydroxyl groups excluding tert-OH is 1. The molecule has 6 nitrogen and oxygen atoms in total. The summed E-state index contributed by atoms with van der Waals surface area (Å²) in [6.07, 6.45) is 0. The van der Waals surface area contributed by atoms with Gasteiger partial charge in [-0.05, 0) is 18.2 Å². The molecule has 0 bridgehead atoms. The molecule has 0 radical (unpaired) electrons. The minimum atomic E-state index is -0.411. The summed E-state index contributed by atoms with van der Waals surface area (Å²) in [6, 6.07) is 5.72. The first-order valence-electron chi connectivity index (χ1n) is 7.30. The molecule has 7 heteroatoms. The van der Waals surface area contributed by atoms with E-state index in [0.717, 1.165) is 36.5 Å². The van der Waals surface area contributed by atoms with Crippen molar-refractivity contribution in [2.45, 2.75) is 6.54 Å². The second kappa shape index (κ2) is 6.24. The quantitative estimate of drug-likeness (QED) is 0.910. The van der Waals surface area contributed by atoms with Crippen LogP contribution in [0, 0.1) is 0 Å². The van der Waals surface area contributed by atoms with E-state index in [1.165, 1.54) is 0 Å². The first-order chi connectivity index (χ1) is 10.6. The number of fused-ring (bicyclic) bond motifs is 1. The SMILES string of the molecule is Cn1c(CN2CCN(C(=O)CO)CC2)nc2cc(Cl)ccc21. The Balaban J connectivity index is 1.69. The van der Waals surface area contributed by atoms with E-state index >= 15 is 0 Å². The predicted octanol–water partition coefficient (Wildman–Crippen LogP) is 0.863. The van der Waals surface area contributed by atoms with Gasteiger partial charge in [0.05, 0.1) is 17.6 Å². The Hall–Kier alpha value is -1.63. The Kier molecular flexibility index (Phi) is 4.33. The average molecular weight is 323 g/mol. The molecule has 1 amide bonds. The molecule has 1 aliphatic rings. The number of aryl methyl sites for hydroxylation is 1. The van der Waals surface area contributed by atoms with Gasteiger partial charge in [0.1, 0.15) is 12.4 Å². The van der Waals surface area contributed by atoms with E-state index in [2.05, 4.69) is 14.5 Å². The highest BCUT2D eigenvalue weighted by atomic mass is 35.5. The summed E-state index contributed by atoms with van der Waals surface area (Å²) in [5.74, 6) is 0.788. The number of aromatic nitrogens is 2. The number of hydrogen-bond donors (Lipinski definition) is 1. The van der Waals surface area contributed by atoms with Crippen molar-refractivity contribution in [1.29, 1.82) is 0 Å². The molecular formula is C15H19ClN4O2.